The van der Waals surface area contributed by atoms with Crippen LogP contribution in [0.5, 0.6) is 0 Å². The van der Waals surface area contributed by atoms with Crippen molar-refractivity contribution in [2.24, 2.45) is 0 Å². The number of rotatable bonds is 2. The van der Waals surface area contributed by atoms with Crippen molar-refractivity contribution in [3.63, 3.8) is 0 Å². The van der Waals surface area contributed by atoms with E-state index in [0.29, 0.717) is 11.9 Å². The van der Waals surface area contributed by atoms with Gasteiger partial charge in [0.05, 0.1) is 6.20 Å². The molecule has 0 saturated carbocycles. The summed E-state index contributed by atoms with van der Waals surface area (Å²) in [5.74, 6) is 0.714. The zero-order valence-corrected chi connectivity index (χ0v) is 9.48. The molecule has 0 radical (unpaired) electrons. The second-order valence-electron chi connectivity index (χ2n) is 3.62. The third-order valence-corrected chi connectivity index (χ3v) is 2.95. The van der Waals surface area contributed by atoms with Crippen molar-refractivity contribution in [3.05, 3.63) is 29.7 Å². The van der Waals surface area contributed by atoms with E-state index in [9.17, 15) is 0 Å². The van der Waals surface area contributed by atoms with Gasteiger partial charge in [-0.05, 0) is 12.8 Å². The van der Waals surface area contributed by atoms with Crippen LogP contribution >= 0.6 is 11.6 Å². The molecule has 82 valence electrons. The maximum absolute atomic E-state index is 8.71. The van der Waals surface area contributed by atoms with Gasteiger partial charge >= 0.3 is 0 Å². The molecule has 2 rings (SSSR count). The van der Waals surface area contributed by atoms with E-state index in [1.54, 1.807) is 6.20 Å². The van der Waals surface area contributed by atoms with Crippen LogP contribution in [0.15, 0.2) is 18.9 Å². The third-order valence-electron chi connectivity index (χ3n) is 2.69. The minimum absolute atomic E-state index is 0.162. The van der Waals surface area contributed by atoms with E-state index in [-0.39, 0.29) is 10.8 Å². The summed E-state index contributed by atoms with van der Waals surface area (Å²) in [4.78, 5) is 10.3. The number of nitrogens with zero attached hydrogens (tertiary/aromatic N) is 4. The summed E-state index contributed by atoms with van der Waals surface area (Å²) < 4.78 is 0. The predicted octanol–water partition coefficient (Wildman–Crippen LogP) is 2.16. The molecular formula is C11H11ClN4. The molecule has 0 aromatic carbocycles. The Morgan fingerprint density at radius 1 is 1.69 bits per heavy atom. The maximum atomic E-state index is 8.71. The molecule has 16 heavy (non-hydrogen) atoms. The fourth-order valence-corrected chi connectivity index (χ4v) is 2.07. The fourth-order valence-electron chi connectivity index (χ4n) is 1.89. The number of aromatic nitrogens is 2. The first-order chi connectivity index (χ1) is 7.76. The molecule has 1 atom stereocenters. The highest BCUT2D eigenvalue weighted by molar-refractivity contribution is 6.30. The van der Waals surface area contributed by atoms with E-state index in [2.05, 4.69) is 21.4 Å². The van der Waals surface area contributed by atoms with E-state index in [1.807, 2.05) is 12.1 Å². The molecule has 0 bridgehead atoms. The fraction of sp³-hybridized carbons (Fsp3) is 0.364. The first-order valence-corrected chi connectivity index (χ1v) is 5.46. The lowest BCUT2D eigenvalue weighted by atomic mass is 10.2. The van der Waals surface area contributed by atoms with Crippen LogP contribution in [0, 0.1) is 11.3 Å². The molecule has 0 spiro atoms. The summed E-state index contributed by atoms with van der Waals surface area (Å²) >= 11 is 5.85. The quantitative estimate of drug-likeness (QED) is 0.736. The molecule has 2 heterocycles. The summed E-state index contributed by atoms with van der Waals surface area (Å²) in [5, 5.41) is 8.87. The SMILES string of the molecule is C=CC1CCCN1c1cnc(C#N)c(Cl)n1. The monoisotopic (exact) mass is 234 g/mol. The van der Waals surface area contributed by atoms with Gasteiger partial charge in [-0.15, -0.1) is 6.58 Å². The Balaban J connectivity index is 2.31. The molecule has 1 fully saturated rings. The average molecular weight is 235 g/mol. The van der Waals surface area contributed by atoms with Crippen LogP contribution in [-0.4, -0.2) is 22.6 Å². The normalized spacial score (nSPS) is 19.5. The molecule has 1 aliphatic rings. The number of nitriles is 1. The Morgan fingerprint density at radius 3 is 3.12 bits per heavy atom. The number of hydrogen-bond acceptors (Lipinski definition) is 4. The van der Waals surface area contributed by atoms with Gasteiger partial charge in [0.1, 0.15) is 11.9 Å². The van der Waals surface area contributed by atoms with Gasteiger partial charge in [0, 0.05) is 12.6 Å². The van der Waals surface area contributed by atoms with Crippen LogP contribution in [0.4, 0.5) is 5.82 Å². The Hall–Kier alpha value is -1.60. The zero-order chi connectivity index (χ0) is 11.5. The Morgan fingerprint density at radius 2 is 2.50 bits per heavy atom. The van der Waals surface area contributed by atoms with Crippen molar-refractivity contribution in [2.45, 2.75) is 18.9 Å². The highest BCUT2D eigenvalue weighted by Gasteiger charge is 2.23. The van der Waals surface area contributed by atoms with Crippen LogP contribution in [0.1, 0.15) is 18.5 Å². The largest absolute Gasteiger partial charge is 0.349 e. The zero-order valence-electron chi connectivity index (χ0n) is 8.73. The summed E-state index contributed by atoms with van der Waals surface area (Å²) in [6.07, 6.45) is 5.67. The first kappa shape index (κ1) is 10.9. The highest BCUT2D eigenvalue weighted by Crippen LogP contribution is 2.25. The van der Waals surface area contributed by atoms with E-state index in [4.69, 9.17) is 16.9 Å². The average Bonchev–Trinajstić information content (AvgIpc) is 2.77. The first-order valence-electron chi connectivity index (χ1n) is 5.08. The lowest BCUT2D eigenvalue weighted by molar-refractivity contribution is 0.793. The Bertz CT molecular complexity index is 452. The van der Waals surface area contributed by atoms with Crippen LogP contribution in [0.3, 0.4) is 0 Å². The number of halogens is 1. The van der Waals surface area contributed by atoms with Crippen molar-refractivity contribution in [2.75, 3.05) is 11.4 Å². The topological polar surface area (TPSA) is 52.8 Å². The van der Waals surface area contributed by atoms with Crippen molar-refractivity contribution in [3.8, 4) is 6.07 Å². The third kappa shape index (κ3) is 1.86. The van der Waals surface area contributed by atoms with Crippen molar-refractivity contribution in [1.82, 2.24) is 9.97 Å². The van der Waals surface area contributed by atoms with Crippen molar-refractivity contribution >= 4 is 17.4 Å². The van der Waals surface area contributed by atoms with Gasteiger partial charge in [0.25, 0.3) is 0 Å². The standard InChI is InChI=1S/C11H11ClN4/c1-2-8-4-3-5-16(8)10-7-14-9(6-13)11(12)15-10/h2,7-8H,1,3-5H2. The molecule has 0 N–H and O–H groups in total. The van der Waals surface area contributed by atoms with Crippen LogP contribution in [0.25, 0.3) is 0 Å². The number of anilines is 1. The summed E-state index contributed by atoms with van der Waals surface area (Å²) in [7, 11) is 0. The predicted molar refractivity (Wildman–Crippen MR) is 62.3 cm³/mol. The van der Waals surface area contributed by atoms with Crippen LogP contribution < -0.4 is 4.90 Å². The van der Waals surface area contributed by atoms with Gasteiger partial charge in [-0.1, -0.05) is 17.7 Å². The second-order valence-corrected chi connectivity index (χ2v) is 3.98. The summed E-state index contributed by atoms with van der Waals surface area (Å²) in [5.41, 5.74) is 0.166. The summed E-state index contributed by atoms with van der Waals surface area (Å²) in [6, 6.07) is 2.18. The Labute approximate surface area is 99.2 Å². The van der Waals surface area contributed by atoms with Crippen LogP contribution in [0.2, 0.25) is 5.15 Å². The van der Waals surface area contributed by atoms with Gasteiger partial charge in [-0.2, -0.15) is 5.26 Å². The van der Waals surface area contributed by atoms with Gasteiger partial charge < -0.3 is 4.90 Å². The molecule has 0 amide bonds. The smallest absolute Gasteiger partial charge is 0.178 e. The molecule has 1 saturated heterocycles. The molecule has 1 aliphatic heterocycles. The van der Waals surface area contributed by atoms with E-state index < -0.39 is 0 Å². The maximum Gasteiger partial charge on any atom is 0.178 e. The molecule has 0 aliphatic carbocycles. The highest BCUT2D eigenvalue weighted by atomic mass is 35.5. The number of hydrogen-bond donors (Lipinski definition) is 0. The minimum atomic E-state index is 0.162. The van der Waals surface area contributed by atoms with Gasteiger partial charge in [-0.3, -0.25) is 0 Å². The molecule has 1 aromatic heterocycles. The van der Waals surface area contributed by atoms with Gasteiger partial charge in [-0.25, -0.2) is 9.97 Å². The lowest BCUT2D eigenvalue weighted by Crippen LogP contribution is -2.28. The Kier molecular flexibility index (Phi) is 3.07. The van der Waals surface area contributed by atoms with E-state index >= 15 is 0 Å². The second kappa shape index (κ2) is 4.50. The molecule has 5 heteroatoms. The molecular weight excluding hydrogens is 224 g/mol. The molecule has 1 unspecified atom stereocenters. The van der Waals surface area contributed by atoms with E-state index in [1.165, 1.54) is 0 Å². The van der Waals surface area contributed by atoms with Gasteiger partial charge in [0.2, 0.25) is 0 Å². The molecule has 4 nitrogen and oxygen atoms in total. The lowest BCUT2D eigenvalue weighted by Gasteiger charge is -2.22. The van der Waals surface area contributed by atoms with Crippen molar-refractivity contribution in [1.29, 1.82) is 5.26 Å². The van der Waals surface area contributed by atoms with E-state index in [0.717, 1.165) is 19.4 Å². The van der Waals surface area contributed by atoms with Gasteiger partial charge in [0.15, 0.2) is 10.8 Å². The minimum Gasteiger partial charge on any atom is -0.349 e. The summed E-state index contributed by atoms with van der Waals surface area (Å²) in [6.45, 7) is 4.72. The van der Waals surface area contributed by atoms with Crippen molar-refractivity contribution < 1.29 is 0 Å². The van der Waals surface area contributed by atoms with Crippen LogP contribution in [-0.2, 0) is 0 Å². The molecule has 1 aromatic rings.